The summed E-state index contributed by atoms with van der Waals surface area (Å²) in [5, 5.41) is 0. The Morgan fingerprint density at radius 1 is 0.962 bits per heavy atom. The second-order valence-electron chi connectivity index (χ2n) is 6.75. The van der Waals surface area contributed by atoms with Gasteiger partial charge in [-0.3, -0.25) is 14.5 Å². The highest BCUT2D eigenvalue weighted by atomic mass is 16.5. The molecule has 2 aromatic rings. The average molecular weight is 351 g/mol. The quantitative estimate of drug-likeness (QED) is 0.769. The summed E-state index contributed by atoms with van der Waals surface area (Å²) < 4.78 is 11.5. The molecular weight excluding hydrogens is 330 g/mol. The summed E-state index contributed by atoms with van der Waals surface area (Å²) in [5.74, 6) is 0.843. The summed E-state index contributed by atoms with van der Waals surface area (Å²) in [6, 6.07) is 12.5. The Balaban J connectivity index is 1.57. The number of fused-ring (bicyclic) bond motifs is 1. The molecule has 0 radical (unpaired) electrons. The van der Waals surface area contributed by atoms with Crippen molar-refractivity contribution in [2.24, 2.45) is 0 Å². The zero-order valence-corrected chi connectivity index (χ0v) is 14.7. The van der Waals surface area contributed by atoms with Gasteiger partial charge in [-0.2, -0.15) is 0 Å². The van der Waals surface area contributed by atoms with Gasteiger partial charge in [0.05, 0.1) is 30.9 Å². The Morgan fingerprint density at radius 2 is 1.62 bits per heavy atom. The number of imide groups is 1. The molecule has 1 saturated carbocycles. The molecular formula is C21H21NO4. The van der Waals surface area contributed by atoms with E-state index < -0.39 is 0 Å². The van der Waals surface area contributed by atoms with E-state index in [1.54, 1.807) is 31.4 Å². The number of carbonyl (C=O) groups excluding carboxylic acids is 2. The van der Waals surface area contributed by atoms with Crippen LogP contribution in [-0.2, 0) is 6.54 Å². The van der Waals surface area contributed by atoms with Crippen molar-refractivity contribution in [3.8, 4) is 11.5 Å². The number of hydrogen-bond donors (Lipinski definition) is 0. The predicted octanol–water partition coefficient (Wildman–Crippen LogP) is 3.81. The molecule has 1 heterocycles. The van der Waals surface area contributed by atoms with Gasteiger partial charge in [0.25, 0.3) is 11.8 Å². The molecule has 1 aliphatic heterocycles. The minimum Gasteiger partial charge on any atom is -0.493 e. The van der Waals surface area contributed by atoms with E-state index in [-0.39, 0.29) is 24.5 Å². The first-order valence-electron chi connectivity index (χ1n) is 8.96. The molecule has 0 saturated heterocycles. The first-order chi connectivity index (χ1) is 12.7. The van der Waals surface area contributed by atoms with E-state index in [0.717, 1.165) is 18.4 Å². The average Bonchev–Trinajstić information content (AvgIpc) is 3.25. The summed E-state index contributed by atoms with van der Waals surface area (Å²) in [5.41, 5.74) is 1.77. The Bertz CT molecular complexity index is 820. The van der Waals surface area contributed by atoms with E-state index in [4.69, 9.17) is 9.47 Å². The normalized spacial score (nSPS) is 16.9. The fraction of sp³-hybridized carbons (Fsp3) is 0.333. The van der Waals surface area contributed by atoms with E-state index in [1.165, 1.54) is 17.7 Å². The molecule has 0 unspecified atom stereocenters. The third kappa shape index (κ3) is 2.94. The second kappa shape index (κ2) is 6.83. The van der Waals surface area contributed by atoms with Crippen LogP contribution in [0, 0.1) is 0 Å². The third-order valence-electron chi connectivity index (χ3n) is 5.04. The molecule has 4 rings (SSSR count). The van der Waals surface area contributed by atoms with Crippen molar-refractivity contribution in [1.82, 2.24) is 4.90 Å². The van der Waals surface area contributed by atoms with Crippen molar-refractivity contribution in [2.45, 2.75) is 38.3 Å². The van der Waals surface area contributed by atoms with Gasteiger partial charge in [0, 0.05) is 0 Å². The van der Waals surface area contributed by atoms with Gasteiger partial charge in [-0.25, -0.2) is 0 Å². The van der Waals surface area contributed by atoms with E-state index in [9.17, 15) is 9.59 Å². The van der Waals surface area contributed by atoms with Gasteiger partial charge < -0.3 is 9.47 Å². The van der Waals surface area contributed by atoms with Gasteiger partial charge in [0.2, 0.25) is 0 Å². The van der Waals surface area contributed by atoms with Crippen LogP contribution in [0.1, 0.15) is 52.0 Å². The van der Waals surface area contributed by atoms with Gasteiger partial charge in [0.1, 0.15) is 0 Å². The maximum atomic E-state index is 12.5. The molecule has 2 aliphatic rings. The molecule has 1 fully saturated rings. The molecule has 0 aromatic heterocycles. The molecule has 0 N–H and O–H groups in total. The summed E-state index contributed by atoms with van der Waals surface area (Å²) in [4.78, 5) is 26.4. The third-order valence-corrected chi connectivity index (χ3v) is 5.04. The first kappa shape index (κ1) is 16.6. The Hall–Kier alpha value is -2.82. The number of nitrogens with zero attached hydrogens (tertiary/aromatic N) is 1. The van der Waals surface area contributed by atoms with Crippen LogP contribution < -0.4 is 9.47 Å². The zero-order valence-electron chi connectivity index (χ0n) is 14.7. The van der Waals surface area contributed by atoms with E-state index in [1.807, 2.05) is 18.2 Å². The van der Waals surface area contributed by atoms with Crippen LogP contribution >= 0.6 is 0 Å². The lowest BCUT2D eigenvalue weighted by Gasteiger charge is -2.18. The minimum atomic E-state index is -0.250. The molecule has 0 bridgehead atoms. The number of benzene rings is 2. The highest BCUT2D eigenvalue weighted by Gasteiger charge is 2.35. The molecule has 0 atom stereocenters. The van der Waals surface area contributed by atoms with Gasteiger partial charge >= 0.3 is 0 Å². The van der Waals surface area contributed by atoms with Gasteiger partial charge in [-0.15, -0.1) is 0 Å². The molecule has 5 nitrogen and oxygen atoms in total. The van der Waals surface area contributed by atoms with E-state index in [0.29, 0.717) is 22.6 Å². The topological polar surface area (TPSA) is 55.8 Å². The summed E-state index contributed by atoms with van der Waals surface area (Å²) in [7, 11) is 1.61. The Morgan fingerprint density at radius 3 is 2.23 bits per heavy atom. The minimum absolute atomic E-state index is 0.207. The fourth-order valence-corrected chi connectivity index (χ4v) is 3.66. The van der Waals surface area contributed by atoms with Crippen LogP contribution in [-0.4, -0.2) is 29.9 Å². The zero-order chi connectivity index (χ0) is 18.1. The smallest absolute Gasteiger partial charge is 0.261 e. The van der Waals surface area contributed by atoms with Crippen molar-refractivity contribution in [3.63, 3.8) is 0 Å². The summed E-state index contributed by atoms with van der Waals surface area (Å²) >= 11 is 0. The molecule has 134 valence electrons. The molecule has 2 aromatic carbocycles. The van der Waals surface area contributed by atoms with Crippen molar-refractivity contribution in [2.75, 3.05) is 7.11 Å². The van der Waals surface area contributed by atoms with Crippen molar-refractivity contribution < 1.29 is 19.1 Å². The highest BCUT2D eigenvalue weighted by molar-refractivity contribution is 6.21. The SMILES string of the molecule is COc1ccc(CN2C(=O)c3ccccc3C2=O)cc1OC1CCCC1. The predicted molar refractivity (Wildman–Crippen MR) is 96.5 cm³/mol. The molecule has 2 amide bonds. The highest BCUT2D eigenvalue weighted by Crippen LogP contribution is 2.33. The lowest BCUT2D eigenvalue weighted by Crippen LogP contribution is -2.29. The van der Waals surface area contributed by atoms with Crippen LogP contribution in [0.2, 0.25) is 0 Å². The molecule has 1 aliphatic carbocycles. The number of methoxy groups -OCH3 is 1. The van der Waals surface area contributed by atoms with E-state index >= 15 is 0 Å². The maximum Gasteiger partial charge on any atom is 0.261 e. The van der Waals surface area contributed by atoms with Crippen molar-refractivity contribution in [3.05, 3.63) is 59.2 Å². The fourth-order valence-electron chi connectivity index (χ4n) is 3.66. The Labute approximate surface area is 152 Å². The first-order valence-corrected chi connectivity index (χ1v) is 8.96. The van der Waals surface area contributed by atoms with Crippen LogP contribution in [0.15, 0.2) is 42.5 Å². The van der Waals surface area contributed by atoms with Crippen molar-refractivity contribution >= 4 is 11.8 Å². The van der Waals surface area contributed by atoms with Gasteiger partial charge in [-0.1, -0.05) is 18.2 Å². The monoisotopic (exact) mass is 351 g/mol. The number of rotatable bonds is 5. The van der Waals surface area contributed by atoms with E-state index in [2.05, 4.69) is 0 Å². The van der Waals surface area contributed by atoms with Gasteiger partial charge in [-0.05, 0) is 55.5 Å². The molecule has 5 heteroatoms. The summed E-state index contributed by atoms with van der Waals surface area (Å²) in [6.07, 6.45) is 4.67. The molecule has 0 spiro atoms. The number of carbonyl (C=O) groups is 2. The Kier molecular flexibility index (Phi) is 4.37. The standard InChI is InChI=1S/C21H21NO4/c1-25-18-11-10-14(12-19(18)26-15-6-2-3-7-15)13-22-20(23)16-8-4-5-9-17(16)21(22)24/h4-5,8-12,15H,2-3,6-7,13H2,1H3. The lowest BCUT2D eigenvalue weighted by molar-refractivity contribution is 0.0642. The van der Waals surface area contributed by atoms with Crippen LogP contribution in [0.3, 0.4) is 0 Å². The number of ether oxygens (including phenoxy) is 2. The van der Waals surface area contributed by atoms with Gasteiger partial charge in [0.15, 0.2) is 11.5 Å². The maximum absolute atomic E-state index is 12.5. The number of hydrogen-bond acceptors (Lipinski definition) is 4. The van der Waals surface area contributed by atoms with Crippen LogP contribution in [0.5, 0.6) is 11.5 Å². The summed E-state index contributed by atoms with van der Waals surface area (Å²) in [6.45, 7) is 0.220. The number of amides is 2. The van der Waals surface area contributed by atoms with Crippen LogP contribution in [0.25, 0.3) is 0 Å². The largest absolute Gasteiger partial charge is 0.493 e. The van der Waals surface area contributed by atoms with Crippen LogP contribution in [0.4, 0.5) is 0 Å². The lowest BCUT2D eigenvalue weighted by atomic mass is 10.1. The van der Waals surface area contributed by atoms with Crippen molar-refractivity contribution in [1.29, 1.82) is 0 Å². The molecule has 26 heavy (non-hydrogen) atoms. The second-order valence-corrected chi connectivity index (χ2v) is 6.75.